The van der Waals surface area contributed by atoms with E-state index in [0.717, 1.165) is 0 Å². The second-order valence-electron chi connectivity index (χ2n) is 0.697. The molecule has 0 spiro atoms. The minimum Gasteiger partial charge on any atom is -0.0654 e. The van der Waals surface area contributed by atoms with Crippen LogP contribution in [0.4, 0.5) is 0 Å². The summed E-state index contributed by atoms with van der Waals surface area (Å²) in [6, 6.07) is 0. The van der Waals surface area contributed by atoms with Crippen LogP contribution < -0.4 is 0 Å². The Labute approximate surface area is 30.6 Å². The fourth-order valence-electron chi connectivity index (χ4n) is 0. The molecule has 0 aromatic heterocycles. The van der Waals surface area contributed by atoms with Gasteiger partial charge in [-0.25, -0.2) is 0 Å². The smallest absolute Gasteiger partial charge is 0.0264 e. The summed E-state index contributed by atoms with van der Waals surface area (Å²) in [4.78, 5) is 0. The van der Waals surface area contributed by atoms with Crippen LogP contribution in [-0.4, -0.2) is 0 Å². The largest absolute Gasteiger partial charge is 0.0654 e. The highest BCUT2D eigenvalue weighted by atomic mass is 13.6. The summed E-state index contributed by atoms with van der Waals surface area (Å²) < 4.78 is 13.5. The molecule has 0 aliphatic rings. The number of hydrogen-bond acceptors (Lipinski definition) is 0. The van der Waals surface area contributed by atoms with Crippen LogP contribution in [0.3, 0.4) is 0 Å². The van der Waals surface area contributed by atoms with Gasteiger partial charge < -0.3 is 0 Å². The zero-order chi connectivity index (χ0) is 4.99. The summed E-state index contributed by atoms with van der Waals surface area (Å²) in [6.45, 7) is 2.19. The van der Waals surface area contributed by atoms with Crippen molar-refractivity contribution in [3.63, 3.8) is 0 Å². The van der Waals surface area contributed by atoms with Gasteiger partial charge in [0.05, 0.1) is 0 Å². The van der Waals surface area contributed by atoms with Gasteiger partial charge in [0.15, 0.2) is 0 Å². The standard InChI is InChI=1S/C4H10/c1-3-4-2/h3-4H2,1-2H3/i1D,4D. The van der Waals surface area contributed by atoms with Crippen LogP contribution in [0.15, 0.2) is 0 Å². The van der Waals surface area contributed by atoms with Crippen LogP contribution in [0.5, 0.6) is 0 Å². The molecule has 26 valence electrons. The van der Waals surface area contributed by atoms with Gasteiger partial charge in [0.2, 0.25) is 0 Å². The molecule has 0 saturated heterocycles. The molecule has 0 aliphatic carbocycles. The van der Waals surface area contributed by atoms with Crippen molar-refractivity contribution >= 4 is 0 Å². The Bertz CT molecular complexity index is 26.7. The first-order valence-corrected chi connectivity index (χ1v) is 1.49. The molecule has 0 nitrogen and oxygen atoms in total. The van der Waals surface area contributed by atoms with Crippen molar-refractivity contribution in [2.45, 2.75) is 26.6 Å². The lowest BCUT2D eigenvalue weighted by atomic mass is 10.4. The third-order valence-corrected chi connectivity index (χ3v) is 0.289. The fraction of sp³-hybridized carbons (Fsp3) is 1.00. The molecule has 0 rings (SSSR count). The Morgan fingerprint density at radius 3 is 3.00 bits per heavy atom. The maximum absolute atomic E-state index is 6.86. The van der Waals surface area contributed by atoms with Gasteiger partial charge in [-0.15, -0.1) is 0 Å². The maximum Gasteiger partial charge on any atom is 0.0264 e. The van der Waals surface area contributed by atoms with Crippen LogP contribution in [0.2, 0.25) is 0 Å². The molecule has 0 N–H and O–H groups in total. The minimum absolute atomic E-state index is 0.0394. The van der Waals surface area contributed by atoms with Crippen molar-refractivity contribution in [1.29, 1.82) is 0 Å². The Hall–Kier alpha value is 0. The molecule has 0 aliphatic heterocycles. The van der Waals surface area contributed by atoms with Gasteiger partial charge in [-0.2, -0.15) is 0 Å². The topological polar surface area (TPSA) is 0 Å². The molecule has 0 fully saturated rings. The van der Waals surface area contributed by atoms with Gasteiger partial charge in [0, 0.05) is 2.74 Å². The molecule has 0 heterocycles. The predicted octanol–water partition coefficient (Wildman–Crippen LogP) is 1.81. The van der Waals surface area contributed by atoms with Crippen LogP contribution in [-0.2, 0) is 0 Å². The van der Waals surface area contributed by atoms with Crippen LogP contribution >= 0.6 is 0 Å². The van der Waals surface area contributed by atoms with E-state index in [2.05, 4.69) is 0 Å². The van der Waals surface area contributed by atoms with Gasteiger partial charge in [0.1, 0.15) is 0 Å². The lowest BCUT2D eigenvalue weighted by Gasteiger charge is -1.68. The maximum atomic E-state index is 6.86. The first-order valence-electron chi connectivity index (χ1n) is 2.77. The summed E-state index contributed by atoms with van der Waals surface area (Å²) in [6.07, 6.45) is 0.669. The molecule has 0 heteroatoms. The van der Waals surface area contributed by atoms with Gasteiger partial charge in [-0.1, -0.05) is 26.6 Å². The summed E-state index contributed by atoms with van der Waals surface area (Å²) in [5.41, 5.74) is 0. The van der Waals surface area contributed by atoms with E-state index in [4.69, 9.17) is 2.74 Å². The van der Waals surface area contributed by atoms with Crippen molar-refractivity contribution in [2.75, 3.05) is 0 Å². The van der Waals surface area contributed by atoms with E-state index in [1.807, 2.05) is 0 Å². The second kappa shape index (κ2) is 3.00. The Balaban J connectivity index is 2.63. The van der Waals surface area contributed by atoms with Gasteiger partial charge in [0.25, 0.3) is 0 Å². The molecule has 4 heavy (non-hydrogen) atoms. The van der Waals surface area contributed by atoms with Crippen LogP contribution in [0, 0.1) is 0 Å². The normalized spacial score (nSPS) is 22.2. The van der Waals surface area contributed by atoms with Crippen molar-refractivity contribution in [2.24, 2.45) is 0 Å². The van der Waals surface area contributed by atoms with E-state index in [1.54, 1.807) is 6.92 Å². The average molecular weight is 60.1 g/mol. The molecule has 0 aromatic rings. The average Bonchev–Trinajstić information content (AvgIpc) is 1.35. The Morgan fingerprint density at radius 2 is 3.00 bits per heavy atom. The van der Waals surface area contributed by atoms with Gasteiger partial charge in [-0.3, -0.25) is 0 Å². The highest BCUT2D eigenvalue weighted by Gasteiger charge is 1.56. The predicted molar refractivity (Wildman–Crippen MR) is 20.6 cm³/mol. The minimum atomic E-state index is -0.0394. The molecule has 1 atom stereocenters. The van der Waals surface area contributed by atoms with E-state index < -0.39 is 0 Å². The molecule has 1 unspecified atom stereocenters. The highest BCUT2D eigenvalue weighted by Crippen LogP contribution is 1.76. The van der Waals surface area contributed by atoms with Gasteiger partial charge >= 0.3 is 0 Å². The lowest BCUT2D eigenvalue weighted by molar-refractivity contribution is 0.886. The van der Waals surface area contributed by atoms with Crippen LogP contribution in [0.25, 0.3) is 0 Å². The third-order valence-electron chi connectivity index (χ3n) is 0.289. The first kappa shape index (κ1) is 1.44. The summed E-state index contributed by atoms with van der Waals surface area (Å²) in [5.74, 6) is 0. The summed E-state index contributed by atoms with van der Waals surface area (Å²) in [5, 5.41) is 0. The number of rotatable bonds is 1. The Kier molecular flexibility index (Phi) is 1.08. The fourth-order valence-corrected chi connectivity index (χ4v) is 0. The van der Waals surface area contributed by atoms with Crippen molar-refractivity contribution in [3.8, 4) is 0 Å². The van der Waals surface area contributed by atoms with E-state index in [0.29, 0.717) is 13.3 Å². The lowest BCUT2D eigenvalue weighted by Crippen LogP contribution is -1.47. The first-order chi connectivity index (χ1) is 2.77. The molecular formula is C4H10. The van der Waals surface area contributed by atoms with Crippen molar-refractivity contribution in [3.05, 3.63) is 0 Å². The Morgan fingerprint density at radius 1 is 2.25 bits per heavy atom. The molecule has 0 radical (unpaired) electrons. The quantitative estimate of drug-likeness (QED) is 0.433. The van der Waals surface area contributed by atoms with E-state index in [-0.39, 0.29) is 6.40 Å². The molecule has 0 bridgehead atoms. The van der Waals surface area contributed by atoms with Crippen molar-refractivity contribution < 1.29 is 2.74 Å². The molecule has 0 saturated carbocycles. The third kappa shape index (κ3) is 2.00. The summed E-state index contributed by atoms with van der Waals surface area (Å²) >= 11 is 0. The summed E-state index contributed by atoms with van der Waals surface area (Å²) in [7, 11) is 0. The second-order valence-corrected chi connectivity index (χ2v) is 0.697. The zero-order valence-electron chi connectivity index (χ0n) is 4.99. The van der Waals surface area contributed by atoms with Crippen LogP contribution in [0.1, 0.15) is 29.4 Å². The molecule has 0 aromatic carbocycles. The highest BCUT2D eigenvalue weighted by molar-refractivity contribution is 4.12. The van der Waals surface area contributed by atoms with E-state index in [1.165, 1.54) is 0 Å². The number of hydrogen-bond donors (Lipinski definition) is 0. The van der Waals surface area contributed by atoms with E-state index >= 15 is 0 Å². The SMILES string of the molecule is [2H]CCC([2H])C. The van der Waals surface area contributed by atoms with Gasteiger partial charge in [-0.05, 0) is 0 Å². The van der Waals surface area contributed by atoms with E-state index in [9.17, 15) is 0 Å². The zero-order valence-corrected chi connectivity index (χ0v) is 2.99. The van der Waals surface area contributed by atoms with Crippen molar-refractivity contribution in [1.82, 2.24) is 0 Å². The molecular weight excluding hydrogens is 48.0 g/mol. The monoisotopic (exact) mass is 60.1 g/mol. The molecule has 0 amide bonds.